The maximum atomic E-state index is 6.12. The lowest BCUT2D eigenvalue weighted by Crippen LogP contribution is -2.58. The van der Waals surface area contributed by atoms with Crippen LogP contribution < -0.4 is 0 Å². The van der Waals surface area contributed by atoms with Crippen molar-refractivity contribution in [1.29, 1.82) is 0 Å². The van der Waals surface area contributed by atoms with Crippen LogP contribution in [0.25, 0.3) is 0 Å². The molecule has 3 heterocycles. The topological polar surface area (TPSA) is 138 Å². The van der Waals surface area contributed by atoms with Gasteiger partial charge in [0.05, 0.1) is 93.1 Å². The van der Waals surface area contributed by atoms with E-state index in [4.69, 9.17) is 71.1 Å². The van der Waals surface area contributed by atoms with Crippen molar-refractivity contribution in [3.8, 4) is 0 Å². The van der Waals surface area contributed by atoms with Crippen LogP contribution in [0.15, 0.2) is 0 Å². The fraction of sp³-hybridized carbons (Fsp3) is 1.00. The Morgan fingerprint density at radius 1 is 0.212 bits per heavy atom. The summed E-state index contributed by atoms with van der Waals surface area (Å²) in [6.45, 7) is 49.5. The summed E-state index contributed by atoms with van der Waals surface area (Å²) >= 11 is 0. The van der Waals surface area contributed by atoms with Gasteiger partial charge in [0.15, 0.2) is 18.9 Å². The SMILES string of the molecule is CC(C)OC1COC(OC(C)C)C(OC(C)C)C1OC(C)C.CC(C)OC1CO[C@@H](OC(C)C)[C@H](OC(C)C)[C@@H]1OC(C)C.CC(C)OC1OC[C@@H](OC(C)C)[C@@H](OC(C)C)[C@@H]1OC(C)C. The molecule has 0 aromatic heterocycles. The van der Waals surface area contributed by atoms with Crippen LogP contribution in [0.5, 0.6) is 0 Å². The summed E-state index contributed by atoms with van der Waals surface area (Å²) in [6, 6.07) is 0. The lowest BCUT2D eigenvalue weighted by atomic mass is 10.0. The van der Waals surface area contributed by atoms with Crippen LogP contribution in [-0.2, 0) is 71.1 Å². The van der Waals surface area contributed by atoms with Crippen LogP contribution in [0.2, 0.25) is 0 Å². The fourth-order valence-electron chi connectivity index (χ4n) is 7.60. The first-order valence-corrected chi connectivity index (χ1v) is 25.3. The molecule has 3 aliphatic rings. The van der Waals surface area contributed by atoms with E-state index in [-0.39, 0.29) is 128 Å². The molecule has 66 heavy (non-hydrogen) atoms. The van der Waals surface area contributed by atoms with Crippen molar-refractivity contribution in [2.75, 3.05) is 19.8 Å². The molecule has 0 spiro atoms. The summed E-state index contributed by atoms with van der Waals surface area (Å²) < 4.78 is 89.8. The molecular weight excluding hydrogens is 853 g/mol. The average molecular weight is 955 g/mol. The molecule has 0 bridgehead atoms. The van der Waals surface area contributed by atoms with E-state index in [0.717, 1.165) is 0 Å². The van der Waals surface area contributed by atoms with E-state index < -0.39 is 18.9 Å². The van der Waals surface area contributed by atoms with Crippen molar-refractivity contribution in [2.45, 2.75) is 313 Å². The van der Waals surface area contributed by atoms with Crippen LogP contribution in [0, 0.1) is 0 Å². The number of rotatable bonds is 24. The monoisotopic (exact) mass is 955 g/mol. The van der Waals surface area contributed by atoms with Crippen molar-refractivity contribution in [3.63, 3.8) is 0 Å². The predicted molar refractivity (Wildman–Crippen MR) is 258 cm³/mol. The van der Waals surface area contributed by atoms with Crippen molar-refractivity contribution in [2.24, 2.45) is 0 Å². The zero-order valence-corrected chi connectivity index (χ0v) is 46.1. The molecule has 0 N–H and O–H groups in total. The molecule has 0 amide bonds. The molecule has 12 atom stereocenters. The second-order valence-corrected chi connectivity index (χ2v) is 20.7. The third-order valence-corrected chi connectivity index (χ3v) is 9.29. The molecule has 15 nitrogen and oxygen atoms in total. The lowest BCUT2D eigenvalue weighted by molar-refractivity contribution is -0.313. The minimum absolute atomic E-state index is 0.0583. The smallest absolute Gasteiger partial charge is 0.186 e. The van der Waals surface area contributed by atoms with Crippen LogP contribution in [0.4, 0.5) is 0 Å². The third kappa shape index (κ3) is 25.5. The first kappa shape index (κ1) is 63.4. The van der Waals surface area contributed by atoms with Crippen LogP contribution in [0.3, 0.4) is 0 Å². The fourth-order valence-corrected chi connectivity index (χ4v) is 7.60. The second kappa shape index (κ2) is 32.4. The summed E-state index contributed by atoms with van der Waals surface area (Å²) in [6.07, 6.45) is -2.37. The van der Waals surface area contributed by atoms with E-state index in [1.165, 1.54) is 0 Å². The highest BCUT2D eigenvalue weighted by Gasteiger charge is 2.47. The highest BCUT2D eigenvalue weighted by Crippen LogP contribution is 2.31. The van der Waals surface area contributed by atoms with Crippen LogP contribution >= 0.6 is 0 Å². The Bertz CT molecular complexity index is 963. The molecule has 3 aliphatic heterocycles. The Morgan fingerprint density at radius 2 is 0.364 bits per heavy atom. The largest absolute Gasteiger partial charge is 0.370 e. The van der Waals surface area contributed by atoms with Crippen molar-refractivity contribution >= 4 is 0 Å². The van der Waals surface area contributed by atoms with E-state index in [0.29, 0.717) is 19.8 Å². The summed E-state index contributed by atoms with van der Waals surface area (Å²) in [7, 11) is 0. The van der Waals surface area contributed by atoms with Gasteiger partial charge < -0.3 is 71.1 Å². The Morgan fingerprint density at radius 3 is 0.515 bits per heavy atom. The Hall–Kier alpha value is -0.600. The molecule has 396 valence electrons. The van der Waals surface area contributed by atoms with E-state index in [1.54, 1.807) is 0 Å². The minimum atomic E-state index is -0.432. The van der Waals surface area contributed by atoms with Gasteiger partial charge >= 0.3 is 0 Å². The van der Waals surface area contributed by atoms with Gasteiger partial charge in [0.25, 0.3) is 0 Å². The van der Waals surface area contributed by atoms with E-state index >= 15 is 0 Å². The van der Waals surface area contributed by atoms with Gasteiger partial charge in [0, 0.05) is 0 Å². The van der Waals surface area contributed by atoms with Gasteiger partial charge in [-0.2, -0.15) is 0 Å². The molecule has 15 heteroatoms. The Kier molecular flexibility index (Phi) is 31.1. The molecular formula is C51H102O15. The van der Waals surface area contributed by atoms with Gasteiger partial charge in [-0.15, -0.1) is 0 Å². The molecule has 6 unspecified atom stereocenters. The second-order valence-electron chi connectivity index (χ2n) is 20.7. The average Bonchev–Trinajstić information content (AvgIpc) is 3.14. The Labute approximate surface area is 403 Å². The molecule has 0 saturated carbocycles. The predicted octanol–water partition coefficient (Wildman–Crippen LogP) is 9.45. The maximum Gasteiger partial charge on any atom is 0.186 e. The first-order valence-electron chi connectivity index (χ1n) is 25.3. The first-order chi connectivity index (χ1) is 30.6. The van der Waals surface area contributed by atoms with Crippen molar-refractivity contribution < 1.29 is 71.1 Å². The highest BCUT2D eigenvalue weighted by molar-refractivity contribution is 4.91. The quantitative estimate of drug-likeness (QED) is 0.0907. The molecule has 3 saturated heterocycles. The van der Waals surface area contributed by atoms with Gasteiger partial charge in [0.1, 0.15) is 54.9 Å². The van der Waals surface area contributed by atoms with E-state index in [9.17, 15) is 0 Å². The number of hydrogen-bond acceptors (Lipinski definition) is 15. The van der Waals surface area contributed by atoms with Gasteiger partial charge in [-0.1, -0.05) is 0 Å². The third-order valence-electron chi connectivity index (χ3n) is 9.29. The van der Waals surface area contributed by atoms with Gasteiger partial charge in [0.2, 0.25) is 0 Å². The zero-order valence-electron chi connectivity index (χ0n) is 46.1. The van der Waals surface area contributed by atoms with Crippen LogP contribution in [-0.4, -0.2) is 167 Å². The van der Waals surface area contributed by atoms with E-state index in [1.807, 2.05) is 166 Å². The molecule has 3 rings (SSSR count). The standard InChI is InChI=1S/3C17H34O5/c3*1-10(2)19-14-9-18-17(22-13(7)8)16(21-12(5)6)15(14)20-11(3)4/h3*10-17H,9H2,1-8H3/t14?,15-,16-,17+;14-,15-,16+,17?;/m11./s1. The molecule has 0 aliphatic carbocycles. The van der Waals surface area contributed by atoms with Crippen molar-refractivity contribution in [1.82, 2.24) is 0 Å². The molecule has 3 fully saturated rings. The van der Waals surface area contributed by atoms with Gasteiger partial charge in [-0.05, 0) is 166 Å². The maximum absolute atomic E-state index is 6.12. The van der Waals surface area contributed by atoms with E-state index in [2.05, 4.69) is 0 Å². The van der Waals surface area contributed by atoms with Crippen LogP contribution in [0.1, 0.15) is 166 Å². The zero-order chi connectivity index (χ0) is 50.6. The summed E-state index contributed by atoms with van der Waals surface area (Å²) in [5.74, 6) is 0. The Balaban J connectivity index is 0.000000495. The summed E-state index contributed by atoms with van der Waals surface area (Å²) in [4.78, 5) is 0. The highest BCUT2D eigenvalue weighted by atomic mass is 16.7. The molecule has 0 aromatic carbocycles. The summed E-state index contributed by atoms with van der Waals surface area (Å²) in [5, 5.41) is 0. The van der Waals surface area contributed by atoms with Gasteiger partial charge in [-0.25, -0.2) is 0 Å². The molecule has 0 radical (unpaired) electrons. The molecule has 0 aromatic rings. The lowest BCUT2D eigenvalue weighted by Gasteiger charge is -2.44. The number of hydrogen-bond donors (Lipinski definition) is 0. The van der Waals surface area contributed by atoms with Crippen molar-refractivity contribution in [3.05, 3.63) is 0 Å². The minimum Gasteiger partial charge on any atom is -0.370 e. The van der Waals surface area contributed by atoms with Gasteiger partial charge in [-0.3, -0.25) is 0 Å². The number of ether oxygens (including phenoxy) is 15. The normalized spacial score (nSPS) is 30.0. The summed E-state index contributed by atoms with van der Waals surface area (Å²) in [5.41, 5.74) is 0.